The van der Waals surface area contributed by atoms with Crippen molar-refractivity contribution in [2.75, 3.05) is 40.3 Å². The number of nitrogens with zero attached hydrogens (tertiary/aromatic N) is 4. The average molecular weight is 528 g/mol. The van der Waals surface area contributed by atoms with Crippen molar-refractivity contribution < 1.29 is 0 Å². The third kappa shape index (κ3) is 5.53. The van der Waals surface area contributed by atoms with Gasteiger partial charge in [-0.05, 0) is 80.3 Å². The molecule has 6 rings (SSSR count). The molecule has 0 atom stereocenters. The number of allylic oxidation sites excluding steroid dienone is 3. The van der Waals surface area contributed by atoms with Gasteiger partial charge < -0.3 is 15.2 Å². The van der Waals surface area contributed by atoms with E-state index >= 15 is 0 Å². The summed E-state index contributed by atoms with van der Waals surface area (Å²) < 4.78 is 0. The topological polar surface area (TPSA) is 62.5 Å². The monoisotopic (exact) mass is 527 g/mol. The summed E-state index contributed by atoms with van der Waals surface area (Å²) in [5, 5.41) is 6.17. The molecule has 1 saturated carbocycles. The first kappa shape index (κ1) is 24.9. The average Bonchev–Trinajstić information content (AvgIpc) is 3.31. The minimum atomic E-state index is 0.579. The van der Waals surface area contributed by atoms with Crippen molar-refractivity contribution in [3.8, 4) is 23.2 Å². The van der Waals surface area contributed by atoms with Crippen LogP contribution in [0.3, 0.4) is 0 Å². The second-order valence-corrected chi connectivity index (χ2v) is 10.9. The summed E-state index contributed by atoms with van der Waals surface area (Å²) in [6.45, 7) is 5.42. The lowest BCUT2D eigenvalue weighted by Crippen LogP contribution is -2.45. The van der Waals surface area contributed by atoms with E-state index in [1.165, 1.54) is 24.8 Å². The number of H-pyrrole nitrogens is 1. The molecule has 3 N–H and O–H groups in total. The van der Waals surface area contributed by atoms with Gasteiger partial charge in [0.15, 0.2) is 0 Å². The largest absolute Gasteiger partial charge is 0.368 e. The van der Waals surface area contributed by atoms with Gasteiger partial charge in [-0.15, -0.1) is 0 Å². The fraction of sp³-hybridized carbons (Fsp3) is 0.367. The Kier molecular flexibility index (Phi) is 7.03. The van der Waals surface area contributed by atoms with E-state index in [4.69, 9.17) is 16.6 Å². The second-order valence-electron chi connectivity index (χ2n) is 10.5. The highest BCUT2D eigenvalue weighted by Crippen LogP contribution is 2.26. The van der Waals surface area contributed by atoms with Gasteiger partial charge in [0.25, 0.3) is 0 Å². The van der Waals surface area contributed by atoms with E-state index < -0.39 is 0 Å². The molecule has 0 bridgehead atoms. The number of halogens is 1. The number of hydrazine groups is 1. The van der Waals surface area contributed by atoms with Crippen molar-refractivity contribution in [1.82, 2.24) is 35.5 Å². The fourth-order valence-electron chi connectivity index (χ4n) is 4.99. The highest BCUT2D eigenvalue weighted by atomic mass is 35.5. The number of likely N-dealkylation sites (N-methyl/N-ethyl adjacent to an activating group) is 1. The Hall–Kier alpha value is -3.44. The fourth-order valence-corrected chi connectivity index (χ4v) is 5.15. The molecule has 0 spiro atoms. The van der Waals surface area contributed by atoms with E-state index in [-0.39, 0.29) is 0 Å². The van der Waals surface area contributed by atoms with E-state index in [0.717, 1.165) is 72.2 Å². The van der Waals surface area contributed by atoms with E-state index in [9.17, 15) is 0 Å². The molecule has 0 radical (unpaired) electrons. The molecule has 3 heterocycles. The Morgan fingerprint density at radius 2 is 1.87 bits per heavy atom. The first-order valence-electron chi connectivity index (χ1n) is 13.4. The van der Waals surface area contributed by atoms with Gasteiger partial charge in [-0.1, -0.05) is 23.6 Å². The SMILES string of the molecule is CN1CCN(Cc2ccc3nc(-c4ccc(Cl)c(C#CC5=CC=C(NC6CCC6)N(C)N5)c4)[nH]c3c2)CC1. The number of piperazine rings is 1. The zero-order valence-electron chi connectivity index (χ0n) is 22.0. The predicted molar refractivity (Wildman–Crippen MR) is 154 cm³/mol. The third-order valence-electron chi connectivity index (χ3n) is 7.63. The van der Waals surface area contributed by atoms with Gasteiger partial charge in [0.2, 0.25) is 0 Å². The van der Waals surface area contributed by atoms with Crippen LogP contribution in [-0.2, 0) is 6.54 Å². The summed E-state index contributed by atoms with van der Waals surface area (Å²) in [5.41, 5.74) is 9.20. The quantitative estimate of drug-likeness (QED) is 0.430. The molecule has 196 valence electrons. The van der Waals surface area contributed by atoms with Gasteiger partial charge in [-0.3, -0.25) is 15.3 Å². The highest BCUT2D eigenvalue weighted by molar-refractivity contribution is 6.31. The van der Waals surface area contributed by atoms with Crippen LogP contribution in [0.5, 0.6) is 0 Å². The lowest BCUT2D eigenvalue weighted by molar-refractivity contribution is 0.148. The maximum absolute atomic E-state index is 6.52. The molecule has 2 fully saturated rings. The number of aromatic nitrogens is 2. The smallest absolute Gasteiger partial charge is 0.138 e. The van der Waals surface area contributed by atoms with Gasteiger partial charge in [-0.2, -0.15) is 0 Å². The standard InChI is InChI=1S/C30H34ClN7/c1-36-14-16-38(17-15-36)20-21-6-12-27-28(18-21)34-30(33-27)23-8-11-26(31)22(19-23)7-9-25-10-13-29(37(2)35-25)32-24-4-3-5-24/h6,8,10-13,18-19,24,32,35H,3-5,14-17,20H2,1-2H3,(H,33,34). The molecular weight excluding hydrogens is 494 g/mol. The second kappa shape index (κ2) is 10.7. The maximum Gasteiger partial charge on any atom is 0.138 e. The Balaban J connectivity index is 1.18. The van der Waals surface area contributed by atoms with E-state index in [2.05, 4.69) is 68.7 Å². The minimum absolute atomic E-state index is 0.579. The van der Waals surface area contributed by atoms with Crippen LogP contribution in [0.4, 0.5) is 0 Å². The number of fused-ring (bicyclic) bond motifs is 1. The van der Waals surface area contributed by atoms with Crippen molar-refractivity contribution >= 4 is 22.6 Å². The van der Waals surface area contributed by atoms with Gasteiger partial charge in [0.05, 0.1) is 16.1 Å². The van der Waals surface area contributed by atoms with Crippen LogP contribution >= 0.6 is 11.6 Å². The van der Waals surface area contributed by atoms with Crippen molar-refractivity contribution in [3.63, 3.8) is 0 Å². The molecule has 38 heavy (non-hydrogen) atoms. The molecule has 7 nitrogen and oxygen atoms in total. The van der Waals surface area contributed by atoms with Crippen LogP contribution in [0.25, 0.3) is 22.4 Å². The van der Waals surface area contributed by atoms with Crippen LogP contribution in [0, 0.1) is 11.8 Å². The molecule has 0 unspecified atom stereocenters. The summed E-state index contributed by atoms with van der Waals surface area (Å²) in [6.07, 6.45) is 7.85. The molecule has 3 aromatic rings. The summed E-state index contributed by atoms with van der Waals surface area (Å²) in [5.74, 6) is 8.36. The Morgan fingerprint density at radius 1 is 1.03 bits per heavy atom. The van der Waals surface area contributed by atoms with Crippen molar-refractivity contribution in [1.29, 1.82) is 0 Å². The van der Waals surface area contributed by atoms with Gasteiger partial charge >= 0.3 is 0 Å². The number of nitrogens with one attached hydrogen (secondary N) is 3. The summed E-state index contributed by atoms with van der Waals surface area (Å²) in [7, 11) is 4.19. The molecule has 3 aliphatic rings. The number of rotatable bonds is 5. The lowest BCUT2D eigenvalue weighted by atomic mass is 9.93. The molecule has 2 aromatic carbocycles. The predicted octanol–water partition coefficient (Wildman–Crippen LogP) is 4.30. The summed E-state index contributed by atoms with van der Waals surface area (Å²) in [4.78, 5) is 13.2. The van der Waals surface area contributed by atoms with Gasteiger partial charge in [0, 0.05) is 56.9 Å². The Bertz CT molecular complexity index is 1450. The number of imidazole rings is 1. The maximum atomic E-state index is 6.52. The van der Waals surface area contributed by atoms with Crippen LogP contribution in [0.2, 0.25) is 5.02 Å². The van der Waals surface area contributed by atoms with Gasteiger partial charge in [-0.25, -0.2) is 4.98 Å². The summed E-state index contributed by atoms with van der Waals surface area (Å²) >= 11 is 6.52. The molecule has 0 amide bonds. The molecule has 1 aromatic heterocycles. The number of hydrogen-bond acceptors (Lipinski definition) is 6. The van der Waals surface area contributed by atoms with Crippen LogP contribution < -0.4 is 10.7 Å². The lowest BCUT2D eigenvalue weighted by Gasteiger charge is -2.34. The van der Waals surface area contributed by atoms with E-state index in [1.54, 1.807) is 0 Å². The molecule has 1 saturated heterocycles. The van der Waals surface area contributed by atoms with Crippen LogP contribution in [0.1, 0.15) is 30.4 Å². The van der Waals surface area contributed by atoms with E-state index in [0.29, 0.717) is 11.1 Å². The first-order chi connectivity index (χ1) is 18.5. The Labute approximate surface area is 229 Å². The van der Waals surface area contributed by atoms with Crippen molar-refractivity contribution in [3.05, 3.63) is 76.2 Å². The molecule has 8 heteroatoms. The highest BCUT2D eigenvalue weighted by Gasteiger charge is 2.20. The van der Waals surface area contributed by atoms with E-state index in [1.807, 2.05) is 36.3 Å². The number of hydrogen-bond donors (Lipinski definition) is 3. The third-order valence-corrected chi connectivity index (χ3v) is 7.96. The molecule has 2 aliphatic heterocycles. The van der Waals surface area contributed by atoms with Crippen LogP contribution in [-0.4, -0.2) is 71.1 Å². The number of aromatic amines is 1. The minimum Gasteiger partial charge on any atom is -0.368 e. The summed E-state index contributed by atoms with van der Waals surface area (Å²) in [6, 6.07) is 13.0. The number of benzene rings is 2. The van der Waals surface area contributed by atoms with Crippen molar-refractivity contribution in [2.45, 2.75) is 31.8 Å². The zero-order valence-corrected chi connectivity index (χ0v) is 22.8. The van der Waals surface area contributed by atoms with Crippen molar-refractivity contribution in [2.24, 2.45) is 0 Å². The van der Waals surface area contributed by atoms with Gasteiger partial charge in [0.1, 0.15) is 17.3 Å². The molecule has 1 aliphatic carbocycles. The van der Waals surface area contributed by atoms with Crippen LogP contribution in [0.15, 0.2) is 60.1 Å². The first-order valence-corrected chi connectivity index (χ1v) is 13.8. The molecular formula is C30H34ClN7. The normalized spacial score (nSPS) is 18.8. The Morgan fingerprint density at radius 3 is 2.63 bits per heavy atom. The zero-order chi connectivity index (χ0) is 26.1.